The smallest absolute Gasteiger partial charge is 0.387 e. The number of carbonyl (C=O) groups excluding carboxylic acids is 1. The fourth-order valence-corrected chi connectivity index (χ4v) is 3.65. The Bertz CT molecular complexity index is 657. The molecule has 1 saturated heterocycles. The van der Waals surface area contributed by atoms with E-state index in [2.05, 4.69) is 10.1 Å². The maximum Gasteiger partial charge on any atom is 0.387 e. The number of sulfonamides is 1. The summed E-state index contributed by atoms with van der Waals surface area (Å²) < 4.78 is 53.4. The molecule has 0 aliphatic carbocycles. The Morgan fingerprint density at radius 1 is 1.29 bits per heavy atom. The first-order valence-electron chi connectivity index (χ1n) is 7.65. The predicted molar refractivity (Wildman–Crippen MR) is 84.6 cm³/mol. The Kier molecular flexibility index (Phi) is 6.11. The second-order valence-electron chi connectivity index (χ2n) is 5.45. The number of hydrogen-bond donors (Lipinski definition) is 1. The van der Waals surface area contributed by atoms with Gasteiger partial charge < -0.3 is 10.1 Å². The van der Waals surface area contributed by atoms with Gasteiger partial charge in [-0.1, -0.05) is 0 Å². The number of nitrogens with zero attached hydrogens (tertiary/aromatic N) is 1. The van der Waals surface area contributed by atoms with Crippen LogP contribution >= 0.6 is 0 Å². The third kappa shape index (κ3) is 4.88. The molecule has 1 heterocycles. The molecule has 0 spiro atoms. The van der Waals surface area contributed by atoms with Crippen LogP contribution in [0.2, 0.25) is 0 Å². The van der Waals surface area contributed by atoms with Crippen LogP contribution in [-0.2, 0) is 10.0 Å². The summed E-state index contributed by atoms with van der Waals surface area (Å²) in [6.45, 7) is -0.552. The number of alkyl halides is 2. The Balaban J connectivity index is 1.87. The van der Waals surface area contributed by atoms with E-state index in [0.29, 0.717) is 31.5 Å². The van der Waals surface area contributed by atoms with Crippen molar-refractivity contribution in [2.75, 3.05) is 18.8 Å². The van der Waals surface area contributed by atoms with Crippen LogP contribution in [0.15, 0.2) is 24.3 Å². The topological polar surface area (TPSA) is 75.7 Å². The maximum atomic E-state index is 12.1. The Labute approximate surface area is 139 Å². The van der Waals surface area contributed by atoms with Gasteiger partial charge in [0, 0.05) is 24.7 Å². The molecule has 0 aromatic heterocycles. The number of hydrogen-bond acceptors (Lipinski definition) is 4. The lowest BCUT2D eigenvalue weighted by molar-refractivity contribution is -0.0498. The first kappa shape index (κ1) is 18.6. The molecule has 1 N–H and O–H groups in total. The fraction of sp³-hybridized carbons (Fsp3) is 0.533. The summed E-state index contributed by atoms with van der Waals surface area (Å²) in [6, 6.07) is 5.31. The molecular formula is C15H20F2N2O4S. The zero-order valence-corrected chi connectivity index (χ0v) is 14.1. The van der Waals surface area contributed by atoms with Crippen molar-refractivity contribution < 1.29 is 26.7 Å². The molecule has 0 radical (unpaired) electrons. The third-order valence-corrected chi connectivity index (χ3v) is 5.77. The lowest BCUT2D eigenvalue weighted by Crippen LogP contribution is -2.46. The quantitative estimate of drug-likeness (QED) is 0.838. The van der Waals surface area contributed by atoms with Crippen molar-refractivity contribution in [3.8, 4) is 5.75 Å². The molecule has 1 aliphatic rings. The van der Waals surface area contributed by atoms with E-state index in [4.69, 9.17) is 0 Å². The Morgan fingerprint density at radius 2 is 1.88 bits per heavy atom. The van der Waals surface area contributed by atoms with Crippen molar-refractivity contribution in [3.63, 3.8) is 0 Å². The summed E-state index contributed by atoms with van der Waals surface area (Å²) in [4.78, 5) is 12.1. The molecule has 9 heteroatoms. The Hall–Kier alpha value is -1.74. The number of benzene rings is 1. The van der Waals surface area contributed by atoms with Crippen LogP contribution in [0.1, 0.15) is 30.1 Å². The van der Waals surface area contributed by atoms with E-state index in [1.54, 1.807) is 6.92 Å². The molecule has 2 rings (SSSR count). The molecule has 6 nitrogen and oxygen atoms in total. The first-order chi connectivity index (χ1) is 11.3. The number of rotatable bonds is 6. The summed E-state index contributed by atoms with van der Waals surface area (Å²) in [5.41, 5.74) is 0.334. The molecule has 1 aromatic carbocycles. The fourth-order valence-electron chi connectivity index (χ4n) is 2.52. The minimum absolute atomic E-state index is 0.0142. The molecule has 0 unspecified atom stereocenters. The van der Waals surface area contributed by atoms with Gasteiger partial charge in [-0.05, 0) is 44.0 Å². The van der Waals surface area contributed by atoms with E-state index >= 15 is 0 Å². The molecular weight excluding hydrogens is 342 g/mol. The van der Waals surface area contributed by atoms with Gasteiger partial charge in [0.25, 0.3) is 5.91 Å². The summed E-state index contributed by atoms with van der Waals surface area (Å²) >= 11 is 0. The van der Waals surface area contributed by atoms with E-state index in [1.807, 2.05) is 0 Å². The van der Waals surface area contributed by atoms with Gasteiger partial charge in [-0.2, -0.15) is 8.78 Å². The summed E-state index contributed by atoms with van der Waals surface area (Å²) in [5.74, 6) is -0.271. The van der Waals surface area contributed by atoms with Crippen molar-refractivity contribution in [1.82, 2.24) is 9.62 Å². The largest absolute Gasteiger partial charge is 0.435 e. The summed E-state index contributed by atoms with van der Waals surface area (Å²) in [6.07, 6.45) is 1.08. The number of nitrogens with one attached hydrogen (secondary N) is 1. The van der Waals surface area contributed by atoms with Crippen LogP contribution in [-0.4, -0.2) is 50.1 Å². The van der Waals surface area contributed by atoms with Crippen LogP contribution in [0.3, 0.4) is 0 Å². The maximum absolute atomic E-state index is 12.1. The molecule has 134 valence electrons. The molecule has 1 amide bonds. The molecule has 1 aromatic rings. The van der Waals surface area contributed by atoms with E-state index < -0.39 is 16.6 Å². The SMILES string of the molecule is CCS(=O)(=O)N1CCC(NC(=O)c2ccc(OC(F)F)cc2)CC1. The molecule has 1 fully saturated rings. The van der Waals surface area contributed by atoms with Gasteiger partial charge in [0.15, 0.2) is 0 Å². The number of carbonyl (C=O) groups is 1. The van der Waals surface area contributed by atoms with Gasteiger partial charge in [-0.25, -0.2) is 12.7 Å². The van der Waals surface area contributed by atoms with Crippen LogP contribution in [0.5, 0.6) is 5.75 Å². The van der Waals surface area contributed by atoms with Crippen LogP contribution < -0.4 is 10.1 Å². The highest BCUT2D eigenvalue weighted by atomic mass is 32.2. The van der Waals surface area contributed by atoms with E-state index in [1.165, 1.54) is 28.6 Å². The zero-order chi connectivity index (χ0) is 17.7. The number of piperidine rings is 1. The minimum Gasteiger partial charge on any atom is -0.435 e. The normalized spacial score (nSPS) is 17.0. The first-order valence-corrected chi connectivity index (χ1v) is 9.26. The molecule has 0 bridgehead atoms. The molecule has 0 saturated carbocycles. The van der Waals surface area contributed by atoms with E-state index in [0.717, 1.165) is 0 Å². The standard InChI is InChI=1S/C15H20F2N2O4S/c1-2-24(21,22)19-9-7-12(8-10-19)18-14(20)11-3-5-13(6-4-11)23-15(16)17/h3-6,12,15H,2,7-10H2,1H3,(H,18,20). The van der Waals surface area contributed by atoms with E-state index in [-0.39, 0.29) is 23.5 Å². The second-order valence-corrected chi connectivity index (χ2v) is 7.71. The van der Waals surface area contributed by atoms with Crippen molar-refractivity contribution in [3.05, 3.63) is 29.8 Å². The highest BCUT2D eigenvalue weighted by Crippen LogP contribution is 2.17. The van der Waals surface area contributed by atoms with E-state index in [9.17, 15) is 22.0 Å². The van der Waals surface area contributed by atoms with Crippen molar-refractivity contribution >= 4 is 15.9 Å². The lowest BCUT2D eigenvalue weighted by Gasteiger charge is -2.31. The minimum atomic E-state index is -3.19. The van der Waals surface area contributed by atoms with Gasteiger partial charge in [0.2, 0.25) is 10.0 Å². The average Bonchev–Trinajstić information content (AvgIpc) is 2.55. The molecule has 1 aliphatic heterocycles. The molecule has 0 atom stereocenters. The molecule has 24 heavy (non-hydrogen) atoms. The van der Waals surface area contributed by atoms with Crippen LogP contribution in [0.4, 0.5) is 8.78 Å². The lowest BCUT2D eigenvalue weighted by atomic mass is 10.1. The number of halogens is 2. The van der Waals surface area contributed by atoms with Crippen molar-refractivity contribution in [2.24, 2.45) is 0 Å². The number of amides is 1. The second kappa shape index (κ2) is 7.89. The zero-order valence-electron chi connectivity index (χ0n) is 13.2. The Morgan fingerprint density at radius 3 is 2.38 bits per heavy atom. The van der Waals surface area contributed by atoms with Crippen molar-refractivity contribution in [1.29, 1.82) is 0 Å². The summed E-state index contributed by atoms with van der Waals surface area (Å²) in [7, 11) is -3.19. The third-order valence-electron chi connectivity index (χ3n) is 3.89. The highest BCUT2D eigenvalue weighted by molar-refractivity contribution is 7.89. The van der Waals surface area contributed by atoms with Crippen LogP contribution in [0, 0.1) is 0 Å². The van der Waals surface area contributed by atoms with Crippen LogP contribution in [0.25, 0.3) is 0 Å². The van der Waals surface area contributed by atoms with Gasteiger partial charge in [-0.3, -0.25) is 4.79 Å². The summed E-state index contributed by atoms with van der Waals surface area (Å²) in [5, 5.41) is 2.84. The van der Waals surface area contributed by atoms with Gasteiger partial charge >= 0.3 is 6.61 Å². The highest BCUT2D eigenvalue weighted by Gasteiger charge is 2.27. The van der Waals surface area contributed by atoms with Crippen molar-refractivity contribution in [2.45, 2.75) is 32.4 Å². The predicted octanol–water partition coefficient (Wildman–Crippen LogP) is 1.83. The van der Waals surface area contributed by atoms with Gasteiger partial charge in [0.1, 0.15) is 5.75 Å². The average molecular weight is 362 g/mol. The van der Waals surface area contributed by atoms with Gasteiger partial charge in [0.05, 0.1) is 5.75 Å². The number of ether oxygens (including phenoxy) is 1. The van der Waals surface area contributed by atoms with Gasteiger partial charge in [-0.15, -0.1) is 0 Å². The monoisotopic (exact) mass is 362 g/mol.